The number of pyridine rings is 2. The lowest BCUT2D eigenvalue weighted by Crippen LogP contribution is -2.40. The normalized spacial score (nSPS) is 18.7. The second kappa shape index (κ2) is 9.24. The van der Waals surface area contributed by atoms with E-state index in [-0.39, 0.29) is 29.8 Å². The zero-order chi connectivity index (χ0) is 22.8. The third-order valence-electron chi connectivity index (χ3n) is 5.81. The molecule has 0 radical (unpaired) electrons. The molecule has 1 aliphatic carbocycles. The number of nitrogens with one attached hydrogen (secondary N) is 2. The van der Waals surface area contributed by atoms with Crippen LogP contribution in [0.1, 0.15) is 52.5 Å². The van der Waals surface area contributed by atoms with E-state index >= 15 is 0 Å². The summed E-state index contributed by atoms with van der Waals surface area (Å²) in [4.78, 5) is 37.7. The lowest BCUT2D eigenvalue weighted by Gasteiger charge is -2.28. The number of amides is 2. The quantitative estimate of drug-likeness (QED) is 0.596. The molecule has 3 aromatic heterocycles. The SMILES string of the molecule is CC(=O)N[C@@H]1CCC[C@H](C(=O)Nc2cc(-c3ccc4ncn(C(C)C)c4n3)c(Cl)cn2)C1. The van der Waals surface area contributed by atoms with Crippen LogP contribution in [0.3, 0.4) is 0 Å². The number of rotatable bonds is 5. The fourth-order valence-corrected chi connectivity index (χ4v) is 4.42. The van der Waals surface area contributed by atoms with Crippen molar-refractivity contribution in [3.63, 3.8) is 0 Å². The first kappa shape index (κ1) is 22.2. The number of nitrogens with zero attached hydrogens (tertiary/aromatic N) is 4. The summed E-state index contributed by atoms with van der Waals surface area (Å²) in [5.74, 6) is 0.0946. The van der Waals surface area contributed by atoms with Gasteiger partial charge in [-0.2, -0.15) is 0 Å². The predicted octanol–water partition coefficient (Wildman–Crippen LogP) is 4.36. The number of hydrogen-bond acceptors (Lipinski definition) is 5. The number of imidazole rings is 1. The fourth-order valence-electron chi connectivity index (χ4n) is 4.22. The molecule has 8 nitrogen and oxygen atoms in total. The lowest BCUT2D eigenvalue weighted by molar-refractivity contribution is -0.123. The van der Waals surface area contributed by atoms with E-state index in [0.717, 1.165) is 30.4 Å². The van der Waals surface area contributed by atoms with Gasteiger partial charge in [0.05, 0.1) is 17.0 Å². The topological polar surface area (TPSA) is 102 Å². The van der Waals surface area contributed by atoms with Crippen molar-refractivity contribution >= 4 is 40.4 Å². The van der Waals surface area contributed by atoms with Crippen molar-refractivity contribution in [1.29, 1.82) is 0 Å². The monoisotopic (exact) mass is 454 g/mol. The molecule has 0 spiro atoms. The average Bonchev–Trinajstić information content (AvgIpc) is 3.18. The van der Waals surface area contributed by atoms with Gasteiger partial charge in [0.1, 0.15) is 11.3 Å². The Hall–Kier alpha value is -3.00. The molecule has 0 bridgehead atoms. The van der Waals surface area contributed by atoms with E-state index in [1.54, 1.807) is 12.4 Å². The molecule has 2 N–H and O–H groups in total. The number of fused-ring (bicyclic) bond motifs is 1. The highest BCUT2D eigenvalue weighted by Gasteiger charge is 2.28. The van der Waals surface area contributed by atoms with Crippen molar-refractivity contribution in [1.82, 2.24) is 24.8 Å². The highest BCUT2D eigenvalue weighted by atomic mass is 35.5. The molecule has 9 heteroatoms. The van der Waals surface area contributed by atoms with Crippen molar-refractivity contribution in [2.75, 3.05) is 5.32 Å². The minimum Gasteiger partial charge on any atom is -0.354 e. The van der Waals surface area contributed by atoms with Crippen molar-refractivity contribution < 1.29 is 9.59 Å². The smallest absolute Gasteiger partial charge is 0.228 e. The van der Waals surface area contributed by atoms with Gasteiger partial charge in [0.15, 0.2) is 5.65 Å². The minimum absolute atomic E-state index is 0.0347. The molecule has 4 rings (SSSR count). The van der Waals surface area contributed by atoms with Gasteiger partial charge in [-0.1, -0.05) is 18.0 Å². The third kappa shape index (κ3) is 4.75. The van der Waals surface area contributed by atoms with Gasteiger partial charge in [-0.3, -0.25) is 9.59 Å². The number of anilines is 1. The Morgan fingerprint density at radius 3 is 2.78 bits per heavy atom. The first-order valence-electron chi connectivity index (χ1n) is 10.9. The van der Waals surface area contributed by atoms with E-state index in [0.29, 0.717) is 28.5 Å². The van der Waals surface area contributed by atoms with Crippen LogP contribution in [-0.2, 0) is 9.59 Å². The van der Waals surface area contributed by atoms with Crippen molar-refractivity contribution in [2.45, 2.75) is 58.5 Å². The van der Waals surface area contributed by atoms with Crippen molar-refractivity contribution in [3.05, 3.63) is 35.7 Å². The van der Waals surface area contributed by atoms with E-state index in [1.807, 2.05) is 16.7 Å². The summed E-state index contributed by atoms with van der Waals surface area (Å²) in [5.41, 5.74) is 2.97. The van der Waals surface area contributed by atoms with Crippen LogP contribution in [0.2, 0.25) is 5.02 Å². The van der Waals surface area contributed by atoms with Gasteiger partial charge < -0.3 is 15.2 Å². The number of halogens is 1. The Kier molecular flexibility index (Phi) is 6.41. The van der Waals surface area contributed by atoms with Gasteiger partial charge in [0, 0.05) is 36.7 Å². The van der Waals surface area contributed by atoms with Crippen LogP contribution < -0.4 is 10.6 Å². The minimum atomic E-state index is -0.170. The van der Waals surface area contributed by atoms with Gasteiger partial charge in [0.2, 0.25) is 11.8 Å². The summed E-state index contributed by atoms with van der Waals surface area (Å²) in [6.45, 7) is 5.65. The molecule has 168 valence electrons. The van der Waals surface area contributed by atoms with Crippen LogP contribution in [0.4, 0.5) is 5.82 Å². The molecule has 0 aliphatic heterocycles. The molecule has 1 fully saturated rings. The fraction of sp³-hybridized carbons (Fsp3) is 0.435. The molecule has 3 heterocycles. The Morgan fingerprint density at radius 1 is 1.22 bits per heavy atom. The Bertz CT molecular complexity index is 1160. The summed E-state index contributed by atoms with van der Waals surface area (Å²) >= 11 is 6.43. The predicted molar refractivity (Wildman–Crippen MR) is 124 cm³/mol. The molecule has 2 atom stereocenters. The van der Waals surface area contributed by atoms with Gasteiger partial charge in [0.25, 0.3) is 0 Å². The summed E-state index contributed by atoms with van der Waals surface area (Å²) in [6, 6.07) is 5.79. The Labute approximate surface area is 191 Å². The van der Waals surface area contributed by atoms with Crippen LogP contribution in [0, 0.1) is 5.92 Å². The number of carbonyl (C=O) groups is 2. The molecule has 0 saturated heterocycles. The van der Waals surface area contributed by atoms with E-state index < -0.39 is 0 Å². The van der Waals surface area contributed by atoms with Crippen molar-refractivity contribution in [2.24, 2.45) is 5.92 Å². The van der Waals surface area contributed by atoms with E-state index in [4.69, 9.17) is 16.6 Å². The van der Waals surface area contributed by atoms with E-state index in [2.05, 4.69) is 34.4 Å². The van der Waals surface area contributed by atoms with Crippen LogP contribution in [0.5, 0.6) is 0 Å². The zero-order valence-corrected chi connectivity index (χ0v) is 19.2. The van der Waals surface area contributed by atoms with Gasteiger partial charge >= 0.3 is 0 Å². The standard InChI is InChI=1S/C23H27ClN6O2/c1-13(2)30-12-26-20-8-7-19(28-22(20)30)17-10-21(25-11-18(17)24)29-23(32)15-5-4-6-16(9-15)27-14(3)31/h7-8,10-13,15-16H,4-6,9H2,1-3H3,(H,27,31)(H,25,29,32)/t15-,16+/m0/s1. The second-order valence-electron chi connectivity index (χ2n) is 8.58. The highest BCUT2D eigenvalue weighted by molar-refractivity contribution is 6.33. The molecular weight excluding hydrogens is 428 g/mol. The van der Waals surface area contributed by atoms with Gasteiger partial charge in [-0.05, 0) is 51.3 Å². The molecule has 1 aliphatic rings. The Balaban J connectivity index is 1.55. The largest absolute Gasteiger partial charge is 0.354 e. The summed E-state index contributed by atoms with van der Waals surface area (Å²) in [7, 11) is 0. The van der Waals surface area contributed by atoms with Crippen LogP contribution >= 0.6 is 11.6 Å². The van der Waals surface area contributed by atoms with Crippen LogP contribution in [0.15, 0.2) is 30.7 Å². The number of hydrogen-bond donors (Lipinski definition) is 2. The third-order valence-corrected chi connectivity index (χ3v) is 6.11. The van der Waals surface area contributed by atoms with Crippen LogP contribution in [-0.4, -0.2) is 37.4 Å². The first-order valence-corrected chi connectivity index (χ1v) is 11.3. The lowest BCUT2D eigenvalue weighted by atomic mass is 9.85. The average molecular weight is 455 g/mol. The molecule has 0 unspecified atom stereocenters. The zero-order valence-electron chi connectivity index (χ0n) is 18.4. The summed E-state index contributed by atoms with van der Waals surface area (Å²) in [5, 5.41) is 6.30. The maximum absolute atomic E-state index is 12.9. The first-order chi connectivity index (χ1) is 15.3. The highest BCUT2D eigenvalue weighted by Crippen LogP contribution is 2.31. The summed E-state index contributed by atoms with van der Waals surface area (Å²) in [6.07, 6.45) is 6.52. The molecular formula is C23H27ClN6O2. The molecule has 2 amide bonds. The molecule has 3 aromatic rings. The number of aromatic nitrogens is 4. The molecule has 32 heavy (non-hydrogen) atoms. The van der Waals surface area contributed by atoms with Crippen LogP contribution in [0.25, 0.3) is 22.4 Å². The molecule has 0 aromatic carbocycles. The van der Waals surface area contributed by atoms with Gasteiger partial charge in [-0.25, -0.2) is 15.0 Å². The second-order valence-corrected chi connectivity index (χ2v) is 8.99. The Morgan fingerprint density at radius 2 is 2.03 bits per heavy atom. The molecule has 1 saturated carbocycles. The van der Waals surface area contributed by atoms with Gasteiger partial charge in [-0.15, -0.1) is 0 Å². The number of carbonyl (C=O) groups excluding carboxylic acids is 2. The van der Waals surface area contributed by atoms with E-state index in [9.17, 15) is 9.59 Å². The van der Waals surface area contributed by atoms with E-state index in [1.165, 1.54) is 13.1 Å². The summed E-state index contributed by atoms with van der Waals surface area (Å²) < 4.78 is 2.01. The van der Waals surface area contributed by atoms with Crippen molar-refractivity contribution in [3.8, 4) is 11.3 Å². The maximum atomic E-state index is 12.9. The maximum Gasteiger partial charge on any atom is 0.228 e.